The highest BCUT2D eigenvalue weighted by molar-refractivity contribution is 5.84. The standard InChI is InChI=1S/C10H16F4O2/c1-4-9(5-2,7(3)15)16-6-10(13,14)8(11)12/h8H,4-6H2,1-3H3. The Morgan fingerprint density at radius 1 is 1.25 bits per heavy atom. The summed E-state index contributed by atoms with van der Waals surface area (Å²) >= 11 is 0. The quantitative estimate of drug-likeness (QED) is 0.643. The van der Waals surface area contributed by atoms with Gasteiger partial charge in [0.05, 0.1) is 0 Å². The van der Waals surface area contributed by atoms with Gasteiger partial charge in [0, 0.05) is 0 Å². The van der Waals surface area contributed by atoms with Crippen LogP contribution in [0.4, 0.5) is 17.6 Å². The van der Waals surface area contributed by atoms with Gasteiger partial charge in [0.1, 0.15) is 12.2 Å². The Morgan fingerprint density at radius 2 is 1.69 bits per heavy atom. The molecule has 0 atom stereocenters. The Labute approximate surface area is 92.0 Å². The van der Waals surface area contributed by atoms with Gasteiger partial charge in [0.2, 0.25) is 0 Å². The van der Waals surface area contributed by atoms with Crippen LogP contribution >= 0.6 is 0 Å². The molecular weight excluding hydrogens is 228 g/mol. The molecule has 0 aromatic rings. The van der Waals surface area contributed by atoms with Gasteiger partial charge in [-0.2, -0.15) is 8.78 Å². The van der Waals surface area contributed by atoms with E-state index in [1.165, 1.54) is 6.92 Å². The SMILES string of the molecule is CCC(CC)(OCC(F)(F)C(F)F)C(C)=O. The molecule has 0 heterocycles. The Morgan fingerprint density at radius 3 is 1.94 bits per heavy atom. The fraction of sp³-hybridized carbons (Fsp3) is 0.900. The average Bonchev–Trinajstić information content (AvgIpc) is 2.19. The lowest BCUT2D eigenvalue weighted by Crippen LogP contribution is -2.44. The van der Waals surface area contributed by atoms with Crippen molar-refractivity contribution in [1.29, 1.82) is 0 Å². The molecule has 0 rings (SSSR count). The molecule has 0 spiro atoms. The lowest BCUT2D eigenvalue weighted by molar-refractivity contribution is -0.197. The predicted molar refractivity (Wildman–Crippen MR) is 50.9 cm³/mol. The van der Waals surface area contributed by atoms with Gasteiger partial charge in [0.25, 0.3) is 0 Å². The van der Waals surface area contributed by atoms with Crippen LogP contribution < -0.4 is 0 Å². The first-order valence-electron chi connectivity index (χ1n) is 5.02. The molecule has 0 radical (unpaired) electrons. The summed E-state index contributed by atoms with van der Waals surface area (Å²) in [6.07, 6.45) is -3.43. The maximum Gasteiger partial charge on any atom is 0.330 e. The van der Waals surface area contributed by atoms with E-state index >= 15 is 0 Å². The zero-order chi connectivity index (χ0) is 13.0. The van der Waals surface area contributed by atoms with Gasteiger partial charge < -0.3 is 4.74 Å². The Bertz CT molecular complexity index is 237. The van der Waals surface area contributed by atoms with Crippen LogP contribution in [0.2, 0.25) is 0 Å². The number of halogens is 4. The summed E-state index contributed by atoms with van der Waals surface area (Å²) in [5.74, 6) is -4.65. The van der Waals surface area contributed by atoms with Crippen molar-refractivity contribution < 1.29 is 27.1 Å². The molecule has 0 aliphatic carbocycles. The van der Waals surface area contributed by atoms with Crippen LogP contribution in [0.15, 0.2) is 0 Å². The second-order valence-corrected chi connectivity index (χ2v) is 3.61. The van der Waals surface area contributed by atoms with Crippen molar-refractivity contribution in [3.8, 4) is 0 Å². The number of hydrogen-bond donors (Lipinski definition) is 0. The number of carbonyl (C=O) groups is 1. The Kier molecular flexibility index (Phi) is 5.38. The van der Waals surface area contributed by atoms with Crippen molar-refractivity contribution in [1.82, 2.24) is 0 Å². The summed E-state index contributed by atoms with van der Waals surface area (Å²) in [7, 11) is 0. The van der Waals surface area contributed by atoms with E-state index in [2.05, 4.69) is 0 Å². The van der Waals surface area contributed by atoms with Crippen LogP contribution in [-0.4, -0.2) is 30.3 Å². The molecule has 0 aromatic heterocycles. The third kappa shape index (κ3) is 3.43. The van der Waals surface area contributed by atoms with Crippen molar-refractivity contribution >= 4 is 5.78 Å². The molecule has 0 fully saturated rings. The number of ketones is 1. The zero-order valence-corrected chi connectivity index (χ0v) is 9.53. The molecular formula is C10H16F4O2. The molecule has 0 aromatic carbocycles. The minimum Gasteiger partial charge on any atom is -0.361 e. The van der Waals surface area contributed by atoms with Crippen molar-refractivity contribution in [2.75, 3.05) is 6.61 Å². The summed E-state index contributed by atoms with van der Waals surface area (Å²) in [6, 6.07) is 0. The molecule has 6 heteroatoms. The molecule has 0 saturated carbocycles. The molecule has 0 amide bonds. The fourth-order valence-electron chi connectivity index (χ4n) is 1.35. The van der Waals surface area contributed by atoms with E-state index in [1.54, 1.807) is 13.8 Å². The fourth-order valence-corrected chi connectivity index (χ4v) is 1.35. The molecule has 0 unspecified atom stereocenters. The summed E-state index contributed by atoms with van der Waals surface area (Å²) in [5, 5.41) is 0. The van der Waals surface area contributed by atoms with E-state index in [1.807, 2.05) is 0 Å². The van der Waals surface area contributed by atoms with E-state index in [-0.39, 0.29) is 12.8 Å². The van der Waals surface area contributed by atoms with Gasteiger partial charge in [-0.3, -0.25) is 4.79 Å². The maximum atomic E-state index is 12.6. The summed E-state index contributed by atoms with van der Waals surface area (Å²) in [4.78, 5) is 11.3. The van der Waals surface area contributed by atoms with Gasteiger partial charge in [0.15, 0.2) is 5.78 Å². The summed E-state index contributed by atoms with van der Waals surface area (Å²) in [5.41, 5.74) is -1.38. The number of hydrogen-bond acceptors (Lipinski definition) is 2. The molecule has 0 aliphatic heterocycles. The second-order valence-electron chi connectivity index (χ2n) is 3.61. The third-order valence-electron chi connectivity index (χ3n) is 2.64. The molecule has 2 nitrogen and oxygen atoms in total. The number of alkyl halides is 4. The summed E-state index contributed by atoms with van der Waals surface area (Å²) < 4.78 is 53.8. The van der Waals surface area contributed by atoms with E-state index in [0.29, 0.717) is 0 Å². The highest BCUT2D eigenvalue weighted by Gasteiger charge is 2.44. The average molecular weight is 244 g/mol. The highest BCUT2D eigenvalue weighted by atomic mass is 19.3. The van der Waals surface area contributed by atoms with Gasteiger partial charge in [-0.1, -0.05) is 13.8 Å². The van der Waals surface area contributed by atoms with Crippen molar-refractivity contribution in [2.45, 2.75) is 51.6 Å². The predicted octanol–water partition coefficient (Wildman–Crippen LogP) is 3.05. The maximum absolute atomic E-state index is 12.6. The van der Waals surface area contributed by atoms with Gasteiger partial charge >= 0.3 is 12.3 Å². The monoisotopic (exact) mass is 244 g/mol. The number of rotatable bonds is 7. The van der Waals surface area contributed by atoms with E-state index < -0.39 is 30.3 Å². The first kappa shape index (κ1) is 15.3. The van der Waals surface area contributed by atoms with Crippen molar-refractivity contribution in [2.24, 2.45) is 0 Å². The largest absolute Gasteiger partial charge is 0.361 e. The van der Waals surface area contributed by atoms with Crippen molar-refractivity contribution in [3.63, 3.8) is 0 Å². The highest BCUT2D eigenvalue weighted by Crippen LogP contribution is 2.28. The molecule has 0 saturated heterocycles. The van der Waals surface area contributed by atoms with Crippen LogP contribution in [0.5, 0.6) is 0 Å². The normalized spacial score (nSPS) is 13.2. The molecule has 16 heavy (non-hydrogen) atoms. The second kappa shape index (κ2) is 5.61. The van der Waals surface area contributed by atoms with Gasteiger partial charge in [-0.25, -0.2) is 8.78 Å². The van der Waals surface area contributed by atoms with E-state index in [0.717, 1.165) is 0 Å². The number of carbonyl (C=O) groups excluding carboxylic acids is 1. The van der Waals surface area contributed by atoms with Gasteiger partial charge in [-0.15, -0.1) is 0 Å². The van der Waals surface area contributed by atoms with Gasteiger partial charge in [-0.05, 0) is 19.8 Å². The van der Waals surface area contributed by atoms with Crippen LogP contribution in [0.3, 0.4) is 0 Å². The minimum atomic E-state index is -4.22. The first-order chi connectivity index (χ1) is 7.22. The Hall–Kier alpha value is -0.650. The zero-order valence-electron chi connectivity index (χ0n) is 9.53. The third-order valence-corrected chi connectivity index (χ3v) is 2.64. The van der Waals surface area contributed by atoms with Crippen LogP contribution in [0.1, 0.15) is 33.6 Å². The lowest BCUT2D eigenvalue weighted by Gasteiger charge is -2.30. The smallest absolute Gasteiger partial charge is 0.330 e. The topological polar surface area (TPSA) is 26.3 Å². The molecule has 0 aliphatic rings. The molecule has 96 valence electrons. The number of ether oxygens (including phenoxy) is 1. The van der Waals surface area contributed by atoms with Crippen LogP contribution in [0, 0.1) is 0 Å². The number of Topliss-reactive ketones (excluding diaryl/α,β-unsaturated/α-hetero) is 1. The lowest BCUT2D eigenvalue weighted by atomic mass is 9.93. The van der Waals surface area contributed by atoms with E-state index in [4.69, 9.17) is 4.74 Å². The molecule has 0 bridgehead atoms. The summed E-state index contributed by atoms with van der Waals surface area (Å²) in [6.45, 7) is 2.94. The minimum absolute atomic E-state index is 0.179. The molecule has 0 N–H and O–H groups in total. The first-order valence-corrected chi connectivity index (χ1v) is 5.02. The van der Waals surface area contributed by atoms with Crippen molar-refractivity contribution in [3.05, 3.63) is 0 Å². The van der Waals surface area contributed by atoms with Crippen LogP contribution in [0.25, 0.3) is 0 Å². The van der Waals surface area contributed by atoms with Crippen LogP contribution in [-0.2, 0) is 9.53 Å². The Balaban J connectivity index is 4.62. The van der Waals surface area contributed by atoms with E-state index in [9.17, 15) is 22.4 Å².